The average Bonchev–Trinajstić information content (AvgIpc) is 2.47. The van der Waals surface area contributed by atoms with Crippen molar-refractivity contribution in [2.45, 2.75) is 43.0 Å². The van der Waals surface area contributed by atoms with Gasteiger partial charge in [0.2, 0.25) is 5.91 Å². The molecule has 120 valence electrons. The predicted molar refractivity (Wildman–Crippen MR) is 90.7 cm³/mol. The molecule has 0 spiro atoms. The normalized spacial score (nSPS) is 15.4. The number of benzene rings is 1. The van der Waals surface area contributed by atoms with Crippen molar-refractivity contribution in [1.82, 2.24) is 10.6 Å². The van der Waals surface area contributed by atoms with Crippen LogP contribution in [0.3, 0.4) is 0 Å². The first kappa shape index (κ1) is 17.4. The molecule has 7 heteroatoms. The molecule has 0 unspecified atom stereocenters. The molecule has 3 amide bonds. The van der Waals surface area contributed by atoms with Gasteiger partial charge in [-0.3, -0.25) is 10.1 Å². The lowest BCUT2D eigenvalue weighted by atomic mass is 9.96. The second-order valence-corrected chi connectivity index (χ2v) is 7.00. The minimum Gasteiger partial charge on any atom is -0.335 e. The topological polar surface area (TPSA) is 58.2 Å². The van der Waals surface area contributed by atoms with Gasteiger partial charge in [0.15, 0.2) is 0 Å². The molecule has 2 rings (SSSR count). The van der Waals surface area contributed by atoms with E-state index in [0.717, 1.165) is 25.7 Å². The number of urea groups is 1. The summed E-state index contributed by atoms with van der Waals surface area (Å²) in [5.41, 5.74) is 0. The Morgan fingerprint density at radius 3 is 2.41 bits per heavy atom. The van der Waals surface area contributed by atoms with Crippen LogP contribution in [-0.4, -0.2) is 23.7 Å². The van der Waals surface area contributed by atoms with E-state index in [1.807, 2.05) is 0 Å². The van der Waals surface area contributed by atoms with Crippen LogP contribution in [0.2, 0.25) is 10.0 Å². The number of halogens is 2. The highest BCUT2D eigenvalue weighted by molar-refractivity contribution is 8.00. The van der Waals surface area contributed by atoms with Crippen molar-refractivity contribution in [3.8, 4) is 0 Å². The number of hydrogen-bond donors (Lipinski definition) is 2. The maximum atomic E-state index is 11.8. The molecule has 22 heavy (non-hydrogen) atoms. The SMILES string of the molecule is O=C(CSc1c(Cl)cccc1Cl)NC(=O)NC1CCCCC1. The minimum absolute atomic E-state index is 0.0849. The Morgan fingerprint density at radius 2 is 1.77 bits per heavy atom. The Labute approximate surface area is 144 Å². The Bertz CT molecular complexity index is 528. The molecule has 0 heterocycles. The fourth-order valence-corrected chi connectivity index (χ4v) is 3.87. The maximum absolute atomic E-state index is 11.8. The van der Waals surface area contributed by atoms with E-state index in [2.05, 4.69) is 10.6 Å². The molecule has 1 aromatic carbocycles. The Morgan fingerprint density at radius 1 is 1.14 bits per heavy atom. The summed E-state index contributed by atoms with van der Waals surface area (Å²) in [4.78, 5) is 24.2. The molecule has 0 saturated heterocycles. The van der Waals surface area contributed by atoms with E-state index in [-0.39, 0.29) is 17.7 Å². The van der Waals surface area contributed by atoms with E-state index < -0.39 is 6.03 Å². The van der Waals surface area contributed by atoms with Crippen LogP contribution in [0.25, 0.3) is 0 Å². The van der Waals surface area contributed by atoms with Crippen LogP contribution in [0.5, 0.6) is 0 Å². The summed E-state index contributed by atoms with van der Waals surface area (Å²) in [6, 6.07) is 4.91. The molecule has 1 aliphatic rings. The number of hydrogen-bond acceptors (Lipinski definition) is 3. The number of nitrogens with one attached hydrogen (secondary N) is 2. The summed E-state index contributed by atoms with van der Waals surface area (Å²) < 4.78 is 0. The highest BCUT2D eigenvalue weighted by atomic mass is 35.5. The molecule has 0 radical (unpaired) electrons. The molecule has 2 N–H and O–H groups in total. The molecular formula is C15H18Cl2N2O2S. The van der Waals surface area contributed by atoms with E-state index >= 15 is 0 Å². The van der Waals surface area contributed by atoms with Crippen molar-refractivity contribution < 1.29 is 9.59 Å². The largest absolute Gasteiger partial charge is 0.335 e. The fourth-order valence-electron chi connectivity index (χ4n) is 2.39. The first-order valence-electron chi connectivity index (χ1n) is 7.23. The van der Waals surface area contributed by atoms with Gasteiger partial charge in [0.1, 0.15) is 0 Å². The van der Waals surface area contributed by atoms with Gasteiger partial charge in [-0.1, -0.05) is 48.5 Å². The summed E-state index contributed by atoms with van der Waals surface area (Å²) in [5, 5.41) is 6.17. The van der Waals surface area contributed by atoms with E-state index in [4.69, 9.17) is 23.2 Å². The first-order valence-corrected chi connectivity index (χ1v) is 8.97. The molecule has 1 aliphatic carbocycles. The molecule has 0 bridgehead atoms. The number of carbonyl (C=O) groups is 2. The summed E-state index contributed by atoms with van der Waals surface area (Å²) in [7, 11) is 0. The third-order valence-electron chi connectivity index (χ3n) is 3.46. The van der Waals surface area contributed by atoms with Gasteiger partial charge < -0.3 is 5.32 Å². The monoisotopic (exact) mass is 360 g/mol. The highest BCUT2D eigenvalue weighted by Crippen LogP contribution is 2.33. The number of thioether (sulfide) groups is 1. The third-order valence-corrected chi connectivity index (χ3v) is 5.45. The standard InChI is InChI=1S/C15H18Cl2N2O2S/c16-11-7-4-8-12(17)14(11)22-9-13(20)19-15(21)18-10-5-2-1-3-6-10/h4,7-8,10H,1-3,5-6,9H2,(H2,18,19,20,21). The lowest BCUT2D eigenvalue weighted by Crippen LogP contribution is -2.45. The third kappa shape index (κ3) is 5.38. The van der Waals surface area contributed by atoms with E-state index in [1.165, 1.54) is 18.2 Å². The molecule has 1 saturated carbocycles. The zero-order valence-electron chi connectivity index (χ0n) is 12.0. The van der Waals surface area contributed by atoms with Crippen LogP contribution >= 0.6 is 35.0 Å². The molecule has 1 fully saturated rings. The van der Waals surface area contributed by atoms with E-state index in [1.54, 1.807) is 18.2 Å². The van der Waals surface area contributed by atoms with Crippen LogP contribution < -0.4 is 10.6 Å². The minimum atomic E-state index is -0.428. The molecule has 0 aromatic heterocycles. The van der Waals surface area contributed by atoms with Gasteiger partial charge in [-0.05, 0) is 25.0 Å². The summed E-state index contributed by atoms with van der Waals surface area (Å²) in [5.74, 6) is -0.282. The Kier molecular flexibility index (Phi) is 6.86. The van der Waals surface area contributed by atoms with Crippen LogP contribution in [0.15, 0.2) is 23.1 Å². The van der Waals surface area contributed by atoms with Crippen molar-refractivity contribution in [1.29, 1.82) is 0 Å². The zero-order chi connectivity index (χ0) is 15.9. The van der Waals surface area contributed by atoms with Gasteiger partial charge in [0.05, 0.1) is 15.8 Å². The molecule has 0 aliphatic heterocycles. The molecular weight excluding hydrogens is 343 g/mol. The number of imide groups is 1. The second-order valence-electron chi connectivity index (χ2n) is 5.20. The lowest BCUT2D eigenvalue weighted by Gasteiger charge is -2.22. The van der Waals surface area contributed by atoms with Crippen LogP contribution in [-0.2, 0) is 4.79 Å². The van der Waals surface area contributed by atoms with Crippen LogP contribution in [0, 0.1) is 0 Å². The van der Waals surface area contributed by atoms with Crippen molar-refractivity contribution >= 4 is 46.9 Å². The summed E-state index contributed by atoms with van der Waals surface area (Å²) in [6.45, 7) is 0. The van der Waals surface area contributed by atoms with Crippen LogP contribution in [0.1, 0.15) is 32.1 Å². The second kappa shape index (κ2) is 8.65. The van der Waals surface area contributed by atoms with Crippen molar-refractivity contribution in [3.05, 3.63) is 28.2 Å². The van der Waals surface area contributed by atoms with E-state index in [0.29, 0.717) is 14.9 Å². The average molecular weight is 361 g/mol. The van der Waals surface area contributed by atoms with Gasteiger partial charge in [0, 0.05) is 10.9 Å². The zero-order valence-corrected chi connectivity index (χ0v) is 14.4. The van der Waals surface area contributed by atoms with Crippen molar-refractivity contribution in [3.63, 3.8) is 0 Å². The fraction of sp³-hybridized carbons (Fsp3) is 0.467. The van der Waals surface area contributed by atoms with Gasteiger partial charge in [0.25, 0.3) is 0 Å². The van der Waals surface area contributed by atoms with Crippen molar-refractivity contribution in [2.24, 2.45) is 0 Å². The van der Waals surface area contributed by atoms with Gasteiger partial charge in [-0.2, -0.15) is 0 Å². The lowest BCUT2D eigenvalue weighted by molar-refractivity contribution is -0.117. The Hall–Kier alpha value is -0.910. The molecule has 1 aromatic rings. The predicted octanol–water partition coefficient (Wildman–Crippen LogP) is 4.24. The molecule has 4 nitrogen and oxygen atoms in total. The number of amides is 3. The highest BCUT2D eigenvalue weighted by Gasteiger charge is 2.17. The first-order chi connectivity index (χ1) is 10.6. The Balaban J connectivity index is 1.76. The quantitative estimate of drug-likeness (QED) is 0.789. The van der Waals surface area contributed by atoms with Crippen LogP contribution in [0.4, 0.5) is 4.79 Å². The van der Waals surface area contributed by atoms with Crippen molar-refractivity contribution in [2.75, 3.05) is 5.75 Å². The smallest absolute Gasteiger partial charge is 0.321 e. The summed E-state index contributed by atoms with van der Waals surface area (Å²) in [6.07, 6.45) is 5.42. The van der Waals surface area contributed by atoms with Gasteiger partial charge >= 0.3 is 6.03 Å². The maximum Gasteiger partial charge on any atom is 0.321 e. The molecule has 0 atom stereocenters. The summed E-state index contributed by atoms with van der Waals surface area (Å²) >= 11 is 13.3. The van der Waals surface area contributed by atoms with Gasteiger partial charge in [-0.15, -0.1) is 11.8 Å². The number of carbonyl (C=O) groups excluding carboxylic acids is 2. The van der Waals surface area contributed by atoms with E-state index in [9.17, 15) is 9.59 Å². The van der Waals surface area contributed by atoms with Gasteiger partial charge in [-0.25, -0.2) is 4.79 Å². The number of rotatable bonds is 4.